The lowest BCUT2D eigenvalue weighted by molar-refractivity contribution is -0.134. The van der Waals surface area contributed by atoms with Gasteiger partial charge in [-0.3, -0.25) is 4.79 Å². The number of carbonyl (C=O) groups excluding carboxylic acids is 1. The number of fused-ring (bicyclic) bond motifs is 2. The molecule has 0 saturated carbocycles. The molecule has 31 heavy (non-hydrogen) atoms. The minimum atomic E-state index is -3.76. The van der Waals surface area contributed by atoms with E-state index >= 15 is 0 Å². The van der Waals surface area contributed by atoms with Crippen LogP contribution in [0.1, 0.15) is 5.01 Å². The third-order valence-corrected chi connectivity index (χ3v) is 9.79. The molecular weight excluding hydrogens is 476 g/mol. The fraction of sp³-hybridized carbons (Fsp3) is 0.200. The van der Waals surface area contributed by atoms with E-state index in [1.807, 2.05) is 12.1 Å². The summed E-state index contributed by atoms with van der Waals surface area (Å²) in [5.41, 5.74) is 7.31. The maximum Gasteiger partial charge on any atom is 0.253 e. The summed E-state index contributed by atoms with van der Waals surface area (Å²) in [4.78, 5) is 18.9. The first kappa shape index (κ1) is 20.7. The van der Waals surface area contributed by atoms with Gasteiger partial charge < -0.3 is 10.6 Å². The third kappa shape index (κ3) is 3.79. The number of piperazine rings is 1. The first-order valence-electron chi connectivity index (χ1n) is 9.42. The Hall–Kier alpha value is -2.24. The van der Waals surface area contributed by atoms with E-state index in [2.05, 4.69) is 4.98 Å². The molecule has 0 atom stereocenters. The van der Waals surface area contributed by atoms with Crippen LogP contribution in [0.5, 0.6) is 0 Å². The Morgan fingerprint density at radius 3 is 2.71 bits per heavy atom. The Morgan fingerprint density at radius 1 is 1.10 bits per heavy atom. The fourth-order valence-electron chi connectivity index (χ4n) is 3.54. The number of anilines is 1. The van der Waals surface area contributed by atoms with Gasteiger partial charge in [-0.05, 0) is 35.7 Å². The minimum absolute atomic E-state index is 0.190. The van der Waals surface area contributed by atoms with Crippen molar-refractivity contribution < 1.29 is 13.2 Å². The van der Waals surface area contributed by atoms with Gasteiger partial charge in [0, 0.05) is 22.8 Å². The maximum atomic E-state index is 13.1. The largest absolute Gasteiger partial charge is 0.397 e. The van der Waals surface area contributed by atoms with Crippen molar-refractivity contribution >= 4 is 76.2 Å². The van der Waals surface area contributed by atoms with Gasteiger partial charge in [-0.2, -0.15) is 4.31 Å². The zero-order valence-electron chi connectivity index (χ0n) is 16.1. The second-order valence-electron chi connectivity index (χ2n) is 7.20. The van der Waals surface area contributed by atoms with Crippen molar-refractivity contribution in [2.75, 3.05) is 25.4 Å². The Bertz CT molecular complexity index is 1430. The van der Waals surface area contributed by atoms with Crippen LogP contribution in [0.4, 0.5) is 5.69 Å². The summed E-state index contributed by atoms with van der Waals surface area (Å²) in [7, 11) is -3.76. The summed E-state index contributed by atoms with van der Waals surface area (Å²) < 4.78 is 29.5. The average molecular weight is 493 g/mol. The van der Waals surface area contributed by atoms with Crippen LogP contribution in [-0.4, -0.2) is 48.1 Å². The molecule has 0 bridgehead atoms. The molecule has 1 amide bonds. The molecule has 0 unspecified atom stereocenters. The summed E-state index contributed by atoms with van der Waals surface area (Å²) in [6, 6.07) is 12.5. The number of thiazole rings is 1. The number of amides is 1. The molecule has 1 saturated heterocycles. The predicted molar refractivity (Wildman–Crippen MR) is 125 cm³/mol. The molecule has 2 N–H and O–H groups in total. The summed E-state index contributed by atoms with van der Waals surface area (Å²) in [6.07, 6.45) is 0. The highest BCUT2D eigenvalue weighted by Crippen LogP contribution is 2.33. The maximum absolute atomic E-state index is 13.1. The van der Waals surface area contributed by atoms with Crippen molar-refractivity contribution in [1.29, 1.82) is 0 Å². The number of benzene rings is 2. The number of thiophene rings is 1. The molecule has 160 valence electrons. The number of para-hydroxylation sites is 1. The molecule has 3 heterocycles. The van der Waals surface area contributed by atoms with Crippen LogP contribution >= 0.6 is 34.3 Å². The van der Waals surface area contributed by atoms with E-state index in [1.165, 1.54) is 15.6 Å². The molecule has 7 nitrogen and oxygen atoms in total. The number of hydrogen-bond donors (Lipinski definition) is 1. The number of hydrogen-bond acceptors (Lipinski definition) is 7. The van der Waals surface area contributed by atoms with Crippen LogP contribution in [0.15, 0.2) is 46.7 Å². The lowest BCUT2D eigenvalue weighted by Crippen LogP contribution is -2.51. The van der Waals surface area contributed by atoms with Crippen LogP contribution in [0.25, 0.3) is 20.3 Å². The van der Waals surface area contributed by atoms with E-state index in [4.69, 9.17) is 17.3 Å². The number of aromatic nitrogens is 1. The molecule has 0 radical (unpaired) electrons. The molecule has 1 fully saturated rings. The van der Waals surface area contributed by atoms with Crippen molar-refractivity contribution in [3.05, 3.63) is 52.5 Å². The number of rotatable bonds is 4. The monoisotopic (exact) mass is 492 g/mol. The zero-order valence-corrected chi connectivity index (χ0v) is 19.3. The Morgan fingerprint density at radius 2 is 1.94 bits per heavy atom. The quantitative estimate of drug-likeness (QED) is 0.437. The van der Waals surface area contributed by atoms with Crippen LogP contribution in [0, 0.1) is 0 Å². The molecule has 0 aliphatic carbocycles. The summed E-state index contributed by atoms with van der Waals surface area (Å²) in [6.45, 7) is 0.688. The highest BCUT2D eigenvalue weighted by molar-refractivity contribution is 7.91. The summed E-state index contributed by atoms with van der Waals surface area (Å²) in [5, 5.41) is 2.14. The van der Waals surface area contributed by atoms with Crippen LogP contribution in [0.2, 0.25) is 5.02 Å². The topological polar surface area (TPSA) is 96.6 Å². The number of halogens is 1. The molecule has 11 heteroatoms. The Kier molecular flexibility index (Phi) is 5.14. The lowest BCUT2D eigenvalue weighted by Gasteiger charge is -2.32. The second kappa shape index (κ2) is 7.72. The molecule has 0 spiro atoms. The normalized spacial score (nSPS) is 15.9. The van der Waals surface area contributed by atoms with Crippen LogP contribution in [-0.2, 0) is 21.4 Å². The lowest BCUT2D eigenvalue weighted by atomic mass is 10.3. The smallest absolute Gasteiger partial charge is 0.253 e. The molecule has 2 aromatic carbocycles. The van der Waals surface area contributed by atoms with Crippen molar-refractivity contribution in [1.82, 2.24) is 14.2 Å². The van der Waals surface area contributed by atoms with E-state index in [1.54, 1.807) is 35.2 Å². The van der Waals surface area contributed by atoms with E-state index in [0.29, 0.717) is 23.8 Å². The number of nitrogen functional groups attached to an aromatic ring is 1. The first-order valence-corrected chi connectivity index (χ1v) is 12.9. The highest BCUT2D eigenvalue weighted by Gasteiger charge is 2.34. The predicted octanol–water partition coefficient (Wildman–Crippen LogP) is 3.78. The first-order chi connectivity index (χ1) is 14.8. The van der Waals surface area contributed by atoms with Crippen molar-refractivity contribution in [3.63, 3.8) is 0 Å². The van der Waals surface area contributed by atoms with Crippen molar-refractivity contribution in [2.24, 2.45) is 0 Å². The van der Waals surface area contributed by atoms with Gasteiger partial charge in [0.1, 0.15) is 14.7 Å². The van der Waals surface area contributed by atoms with Gasteiger partial charge in [-0.25, -0.2) is 13.4 Å². The van der Waals surface area contributed by atoms with Gasteiger partial charge in [0.15, 0.2) is 0 Å². The summed E-state index contributed by atoms with van der Waals surface area (Å²) in [5.74, 6) is -0.244. The van der Waals surface area contributed by atoms with Crippen molar-refractivity contribution in [2.45, 2.75) is 10.8 Å². The van der Waals surface area contributed by atoms with Crippen LogP contribution in [0.3, 0.4) is 0 Å². The Balaban J connectivity index is 1.33. The Labute approximate surface area is 191 Å². The molecule has 4 aromatic rings. The number of carbonyl (C=O) groups is 1. The van der Waals surface area contributed by atoms with E-state index in [-0.39, 0.29) is 23.2 Å². The fourth-order valence-corrected chi connectivity index (χ4v) is 7.77. The minimum Gasteiger partial charge on any atom is -0.397 e. The highest BCUT2D eigenvalue weighted by atomic mass is 35.5. The number of nitrogens with two attached hydrogens (primary N) is 1. The molecule has 2 aromatic heterocycles. The standard InChI is InChI=1S/C20H17ClN4O3S3/c21-13-5-4-12-8-19(30-16(12)9-13)31(27,28)25-7-6-24(18(26)11-25)10-17-23-20-14(22)2-1-3-15(20)29-17/h1-5,8-9H,6-7,10-11,22H2. The van der Waals surface area contributed by atoms with Crippen LogP contribution < -0.4 is 5.73 Å². The third-order valence-electron chi connectivity index (χ3n) is 5.16. The van der Waals surface area contributed by atoms with Gasteiger partial charge in [0.25, 0.3) is 10.0 Å². The van der Waals surface area contributed by atoms with Gasteiger partial charge in [0.05, 0.1) is 23.5 Å². The molecule has 1 aliphatic rings. The summed E-state index contributed by atoms with van der Waals surface area (Å²) >= 11 is 8.66. The van der Waals surface area contributed by atoms with Gasteiger partial charge >= 0.3 is 0 Å². The average Bonchev–Trinajstić information content (AvgIpc) is 3.34. The number of nitrogens with zero attached hydrogens (tertiary/aromatic N) is 3. The second-order valence-corrected chi connectivity index (χ2v) is 12.0. The molecule has 1 aliphatic heterocycles. The van der Waals surface area contributed by atoms with E-state index in [9.17, 15) is 13.2 Å². The van der Waals surface area contributed by atoms with E-state index in [0.717, 1.165) is 36.6 Å². The van der Waals surface area contributed by atoms with Crippen molar-refractivity contribution in [3.8, 4) is 0 Å². The molecular formula is C20H17ClN4O3S3. The number of sulfonamides is 1. The SMILES string of the molecule is Nc1cccc2sc(CN3CCN(S(=O)(=O)c4cc5ccc(Cl)cc5s4)CC3=O)nc12. The zero-order chi connectivity index (χ0) is 21.8. The molecule has 5 rings (SSSR count). The van der Waals surface area contributed by atoms with Gasteiger partial charge in [-0.1, -0.05) is 23.7 Å². The van der Waals surface area contributed by atoms with Gasteiger partial charge in [0.2, 0.25) is 5.91 Å². The van der Waals surface area contributed by atoms with Gasteiger partial charge in [-0.15, -0.1) is 22.7 Å². The van der Waals surface area contributed by atoms with E-state index < -0.39 is 10.0 Å².